The molecule has 0 aromatic carbocycles. The molecular formula is C7H8ClNO2S. The molecule has 1 aromatic rings. The van der Waals surface area contributed by atoms with Gasteiger partial charge in [-0.1, -0.05) is 11.6 Å². The molecule has 0 aliphatic carbocycles. The van der Waals surface area contributed by atoms with E-state index in [1.54, 1.807) is 6.20 Å². The van der Waals surface area contributed by atoms with Crippen LogP contribution in [-0.2, 0) is 4.74 Å². The van der Waals surface area contributed by atoms with Gasteiger partial charge in [-0.05, 0) is 0 Å². The predicted octanol–water partition coefficient (Wildman–Crippen LogP) is 1.62. The summed E-state index contributed by atoms with van der Waals surface area (Å²) in [6, 6.07) is 0. The third-order valence-electron chi connectivity index (χ3n) is 1.79. The van der Waals surface area contributed by atoms with E-state index in [0.29, 0.717) is 17.5 Å². The Morgan fingerprint density at radius 1 is 1.75 bits per heavy atom. The smallest absolute Gasteiger partial charge is 0.183 e. The van der Waals surface area contributed by atoms with Crippen molar-refractivity contribution in [2.75, 3.05) is 6.61 Å². The van der Waals surface area contributed by atoms with Crippen molar-refractivity contribution in [1.29, 1.82) is 0 Å². The van der Waals surface area contributed by atoms with Crippen molar-refractivity contribution >= 4 is 22.9 Å². The molecule has 1 N–H and O–H groups in total. The molecule has 2 heterocycles. The fourth-order valence-corrected chi connectivity index (χ4v) is 2.24. The van der Waals surface area contributed by atoms with E-state index in [-0.39, 0.29) is 12.2 Å². The largest absolute Gasteiger partial charge is 0.391 e. The molecule has 1 fully saturated rings. The van der Waals surface area contributed by atoms with E-state index in [0.717, 1.165) is 4.88 Å². The van der Waals surface area contributed by atoms with Crippen molar-refractivity contribution < 1.29 is 9.84 Å². The summed E-state index contributed by atoms with van der Waals surface area (Å²) in [5.74, 6) is 0. The highest BCUT2D eigenvalue weighted by Gasteiger charge is 2.26. The van der Waals surface area contributed by atoms with Crippen LogP contribution >= 0.6 is 22.9 Å². The van der Waals surface area contributed by atoms with E-state index in [2.05, 4.69) is 4.98 Å². The normalized spacial score (nSPS) is 29.5. The van der Waals surface area contributed by atoms with Crippen LogP contribution in [0.3, 0.4) is 0 Å². The van der Waals surface area contributed by atoms with Gasteiger partial charge in [-0.25, -0.2) is 4.98 Å². The number of hydrogen-bond donors (Lipinski definition) is 1. The van der Waals surface area contributed by atoms with E-state index in [1.807, 2.05) is 0 Å². The van der Waals surface area contributed by atoms with Crippen LogP contribution in [0.2, 0.25) is 4.47 Å². The van der Waals surface area contributed by atoms with Gasteiger partial charge < -0.3 is 9.84 Å². The quantitative estimate of drug-likeness (QED) is 0.758. The van der Waals surface area contributed by atoms with Crippen LogP contribution in [0.1, 0.15) is 17.4 Å². The molecule has 3 nitrogen and oxygen atoms in total. The summed E-state index contributed by atoms with van der Waals surface area (Å²) >= 11 is 7.07. The van der Waals surface area contributed by atoms with Crippen LogP contribution in [0.4, 0.5) is 0 Å². The Balaban J connectivity index is 2.11. The second-order valence-corrected chi connectivity index (χ2v) is 4.37. The zero-order valence-electron chi connectivity index (χ0n) is 6.24. The van der Waals surface area contributed by atoms with Gasteiger partial charge in [0.1, 0.15) is 0 Å². The van der Waals surface area contributed by atoms with Crippen molar-refractivity contribution in [3.63, 3.8) is 0 Å². The minimum absolute atomic E-state index is 0.00926. The summed E-state index contributed by atoms with van der Waals surface area (Å²) < 4.78 is 5.85. The Morgan fingerprint density at radius 2 is 2.58 bits per heavy atom. The Kier molecular flexibility index (Phi) is 2.32. The summed E-state index contributed by atoms with van der Waals surface area (Å²) in [5, 5.41) is 9.19. The number of hydrogen-bond acceptors (Lipinski definition) is 4. The van der Waals surface area contributed by atoms with Gasteiger partial charge in [0, 0.05) is 12.6 Å². The first-order chi connectivity index (χ1) is 5.75. The lowest BCUT2D eigenvalue weighted by Gasteiger charge is -2.03. The third kappa shape index (κ3) is 1.61. The lowest BCUT2D eigenvalue weighted by Crippen LogP contribution is -2.02. The van der Waals surface area contributed by atoms with Crippen molar-refractivity contribution in [3.8, 4) is 0 Å². The van der Waals surface area contributed by atoms with Gasteiger partial charge in [0.25, 0.3) is 0 Å². The van der Waals surface area contributed by atoms with Gasteiger partial charge in [0.05, 0.1) is 23.7 Å². The molecule has 66 valence electrons. The first-order valence-electron chi connectivity index (χ1n) is 3.66. The number of aliphatic hydroxyl groups is 1. The average molecular weight is 206 g/mol. The van der Waals surface area contributed by atoms with Gasteiger partial charge >= 0.3 is 0 Å². The van der Waals surface area contributed by atoms with Crippen molar-refractivity contribution in [2.24, 2.45) is 0 Å². The summed E-state index contributed by atoms with van der Waals surface area (Å²) in [6.07, 6.45) is 2.01. The maximum absolute atomic E-state index is 9.19. The van der Waals surface area contributed by atoms with Crippen LogP contribution in [0.25, 0.3) is 0 Å². The Hall–Kier alpha value is -0.160. The van der Waals surface area contributed by atoms with Crippen LogP contribution in [0.5, 0.6) is 0 Å². The molecular weight excluding hydrogens is 198 g/mol. The molecule has 1 aliphatic rings. The summed E-state index contributed by atoms with van der Waals surface area (Å²) in [4.78, 5) is 4.91. The van der Waals surface area contributed by atoms with Crippen molar-refractivity contribution in [3.05, 3.63) is 15.5 Å². The Morgan fingerprint density at radius 3 is 3.08 bits per heavy atom. The lowest BCUT2D eigenvalue weighted by atomic mass is 10.2. The molecule has 5 heteroatoms. The van der Waals surface area contributed by atoms with Gasteiger partial charge in [0.15, 0.2) is 4.47 Å². The van der Waals surface area contributed by atoms with Crippen LogP contribution in [-0.4, -0.2) is 22.8 Å². The summed E-state index contributed by atoms with van der Waals surface area (Å²) in [6.45, 7) is 0.417. The van der Waals surface area contributed by atoms with Gasteiger partial charge in [-0.2, -0.15) is 0 Å². The van der Waals surface area contributed by atoms with Crippen molar-refractivity contribution in [2.45, 2.75) is 18.6 Å². The molecule has 2 unspecified atom stereocenters. The molecule has 2 rings (SSSR count). The molecule has 1 aliphatic heterocycles. The Bertz CT molecular complexity index is 278. The second kappa shape index (κ2) is 3.30. The number of thiazole rings is 1. The fraction of sp³-hybridized carbons (Fsp3) is 0.571. The fourth-order valence-electron chi connectivity index (χ4n) is 1.22. The van der Waals surface area contributed by atoms with Gasteiger partial charge in [-0.3, -0.25) is 0 Å². The SMILES string of the molecule is OC1COC(c2cnc(Cl)s2)C1. The third-order valence-corrected chi connectivity index (χ3v) is 3.00. The molecule has 0 saturated carbocycles. The summed E-state index contributed by atoms with van der Waals surface area (Å²) in [7, 11) is 0. The molecule has 0 radical (unpaired) electrons. The number of nitrogens with zero attached hydrogens (tertiary/aromatic N) is 1. The highest BCUT2D eigenvalue weighted by Crippen LogP contribution is 2.33. The van der Waals surface area contributed by atoms with E-state index < -0.39 is 0 Å². The number of aliphatic hydroxyl groups excluding tert-OH is 1. The van der Waals surface area contributed by atoms with E-state index in [9.17, 15) is 5.11 Å². The highest BCUT2D eigenvalue weighted by molar-refractivity contribution is 7.15. The van der Waals surface area contributed by atoms with Crippen LogP contribution in [0.15, 0.2) is 6.20 Å². The van der Waals surface area contributed by atoms with Crippen molar-refractivity contribution in [1.82, 2.24) is 4.98 Å². The molecule has 1 aromatic heterocycles. The molecule has 0 spiro atoms. The summed E-state index contributed by atoms with van der Waals surface area (Å²) in [5.41, 5.74) is 0. The first-order valence-corrected chi connectivity index (χ1v) is 4.86. The number of rotatable bonds is 1. The minimum Gasteiger partial charge on any atom is -0.391 e. The van der Waals surface area contributed by atoms with Gasteiger partial charge in [0.2, 0.25) is 0 Å². The molecule has 2 atom stereocenters. The maximum Gasteiger partial charge on any atom is 0.183 e. The predicted molar refractivity (Wildman–Crippen MR) is 46.4 cm³/mol. The van der Waals surface area contributed by atoms with E-state index in [4.69, 9.17) is 16.3 Å². The number of aromatic nitrogens is 1. The topological polar surface area (TPSA) is 42.4 Å². The molecule has 12 heavy (non-hydrogen) atoms. The molecule has 0 amide bonds. The standard InChI is InChI=1S/C7H8ClNO2S/c8-7-9-2-6(12-7)5-1-4(10)3-11-5/h2,4-5,10H,1,3H2. The lowest BCUT2D eigenvalue weighted by molar-refractivity contribution is 0.0904. The monoisotopic (exact) mass is 205 g/mol. The number of halogens is 1. The zero-order chi connectivity index (χ0) is 8.55. The maximum atomic E-state index is 9.19. The van der Waals surface area contributed by atoms with Crippen LogP contribution in [0, 0.1) is 0 Å². The van der Waals surface area contributed by atoms with E-state index >= 15 is 0 Å². The minimum atomic E-state index is -0.337. The number of ether oxygens (including phenoxy) is 1. The van der Waals surface area contributed by atoms with E-state index in [1.165, 1.54) is 11.3 Å². The zero-order valence-corrected chi connectivity index (χ0v) is 7.81. The van der Waals surface area contributed by atoms with Gasteiger partial charge in [-0.15, -0.1) is 11.3 Å². The first kappa shape index (κ1) is 8.44. The second-order valence-electron chi connectivity index (χ2n) is 2.73. The highest BCUT2D eigenvalue weighted by atomic mass is 35.5. The van der Waals surface area contributed by atoms with Crippen LogP contribution < -0.4 is 0 Å². The Labute approximate surface area is 79.0 Å². The average Bonchev–Trinajstić information content (AvgIpc) is 2.58. The molecule has 1 saturated heterocycles. The molecule has 0 bridgehead atoms.